The molecule has 1 heterocycles. The largest absolute Gasteiger partial charge is 0.454 e. The quantitative estimate of drug-likeness (QED) is 0.770. The summed E-state index contributed by atoms with van der Waals surface area (Å²) in [6, 6.07) is 7.95. The number of fused-ring (bicyclic) bond motifs is 1. The van der Waals surface area contributed by atoms with Crippen molar-refractivity contribution in [1.82, 2.24) is 0 Å². The van der Waals surface area contributed by atoms with Crippen molar-refractivity contribution in [3.63, 3.8) is 0 Å². The number of amides is 1. The second-order valence-corrected chi connectivity index (χ2v) is 7.31. The molecule has 0 N–H and O–H groups in total. The lowest BCUT2D eigenvalue weighted by Gasteiger charge is -2.26. The van der Waals surface area contributed by atoms with Crippen LogP contribution in [0.25, 0.3) is 0 Å². The number of para-hydroxylation sites is 1. The number of hydrogen-bond acceptors (Lipinski definition) is 4. The minimum Gasteiger partial charge on any atom is -0.454 e. The van der Waals surface area contributed by atoms with Gasteiger partial charge in [0.25, 0.3) is 5.91 Å². The molecule has 3 rings (SSSR count). The molecule has 1 saturated carbocycles. The van der Waals surface area contributed by atoms with Crippen LogP contribution >= 0.6 is 0 Å². The molecule has 0 aromatic heterocycles. The molecule has 1 fully saturated rings. The van der Waals surface area contributed by atoms with Gasteiger partial charge in [0.1, 0.15) is 6.61 Å². The fraction of sp³-hybridized carbons (Fsp3) is 0.600. The molecule has 1 aliphatic carbocycles. The number of ether oxygens (including phenoxy) is 2. The maximum Gasteiger partial charge on any atom is 0.332 e. The van der Waals surface area contributed by atoms with Gasteiger partial charge in [-0.05, 0) is 43.7 Å². The van der Waals surface area contributed by atoms with Crippen molar-refractivity contribution >= 4 is 17.6 Å². The number of nitrogens with zero attached hydrogens (tertiary/aromatic N) is 1. The Balaban J connectivity index is 1.45. The van der Waals surface area contributed by atoms with E-state index in [0.717, 1.165) is 36.9 Å². The molecule has 3 unspecified atom stereocenters. The second-order valence-electron chi connectivity index (χ2n) is 7.31. The van der Waals surface area contributed by atoms with Gasteiger partial charge in [0.15, 0.2) is 6.61 Å². The first kappa shape index (κ1) is 17.9. The van der Waals surface area contributed by atoms with Crippen LogP contribution in [0, 0.1) is 5.92 Å². The summed E-state index contributed by atoms with van der Waals surface area (Å²) in [4.78, 5) is 26.1. The van der Waals surface area contributed by atoms with E-state index in [1.165, 1.54) is 6.42 Å². The molecule has 1 aromatic rings. The van der Waals surface area contributed by atoms with Gasteiger partial charge in [-0.1, -0.05) is 38.0 Å². The molecule has 5 heteroatoms. The molecule has 1 aromatic carbocycles. The van der Waals surface area contributed by atoms with E-state index in [1.807, 2.05) is 31.2 Å². The van der Waals surface area contributed by atoms with E-state index in [1.54, 1.807) is 4.90 Å². The lowest BCUT2D eigenvalue weighted by molar-refractivity contribution is -0.155. The molecule has 0 saturated heterocycles. The fourth-order valence-corrected chi connectivity index (χ4v) is 3.91. The zero-order chi connectivity index (χ0) is 17.8. The number of benzene rings is 1. The average Bonchev–Trinajstić information content (AvgIpc) is 2.93. The minimum atomic E-state index is -0.466. The van der Waals surface area contributed by atoms with Crippen molar-refractivity contribution in [3.05, 3.63) is 29.8 Å². The van der Waals surface area contributed by atoms with Crippen molar-refractivity contribution in [2.24, 2.45) is 5.92 Å². The third-order valence-corrected chi connectivity index (χ3v) is 5.16. The third kappa shape index (κ3) is 4.40. The zero-order valence-electron chi connectivity index (χ0n) is 15.1. The molecule has 136 valence electrons. The Hall–Kier alpha value is -1.88. The van der Waals surface area contributed by atoms with Crippen molar-refractivity contribution < 1.29 is 19.1 Å². The molecule has 1 amide bonds. The molecule has 5 nitrogen and oxygen atoms in total. The van der Waals surface area contributed by atoms with E-state index >= 15 is 0 Å². The molecule has 3 atom stereocenters. The van der Waals surface area contributed by atoms with Gasteiger partial charge in [-0.25, -0.2) is 4.79 Å². The van der Waals surface area contributed by atoms with Crippen LogP contribution in [0.4, 0.5) is 5.69 Å². The van der Waals surface area contributed by atoms with Crippen molar-refractivity contribution in [3.8, 4) is 0 Å². The highest BCUT2D eigenvalue weighted by atomic mass is 16.6. The van der Waals surface area contributed by atoms with Gasteiger partial charge in [-0.2, -0.15) is 0 Å². The summed E-state index contributed by atoms with van der Waals surface area (Å²) in [6.07, 6.45) is 5.34. The Labute approximate surface area is 149 Å². The Kier molecular flexibility index (Phi) is 5.74. The Morgan fingerprint density at radius 2 is 1.96 bits per heavy atom. The number of hydrogen-bond donors (Lipinski definition) is 0. The number of anilines is 1. The van der Waals surface area contributed by atoms with Crippen LogP contribution < -0.4 is 4.90 Å². The molecule has 25 heavy (non-hydrogen) atoms. The van der Waals surface area contributed by atoms with Crippen LogP contribution in [0.5, 0.6) is 0 Å². The summed E-state index contributed by atoms with van der Waals surface area (Å²) < 4.78 is 10.8. The first-order valence-corrected chi connectivity index (χ1v) is 9.21. The lowest BCUT2D eigenvalue weighted by Crippen LogP contribution is -2.39. The predicted octanol–water partition coefficient (Wildman–Crippen LogP) is 3.10. The van der Waals surface area contributed by atoms with Gasteiger partial charge in [-0.15, -0.1) is 0 Å². The second kappa shape index (κ2) is 8.00. The summed E-state index contributed by atoms with van der Waals surface area (Å²) >= 11 is 0. The third-order valence-electron chi connectivity index (χ3n) is 5.16. The van der Waals surface area contributed by atoms with Crippen LogP contribution in [0.3, 0.4) is 0 Å². The average molecular weight is 345 g/mol. The summed E-state index contributed by atoms with van der Waals surface area (Å²) in [5.41, 5.74) is 2.08. The highest BCUT2D eigenvalue weighted by Crippen LogP contribution is 2.31. The van der Waals surface area contributed by atoms with Gasteiger partial charge in [0, 0.05) is 11.7 Å². The molecular weight excluding hydrogens is 318 g/mol. The summed E-state index contributed by atoms with van der Waals surface area (Å²) in [7, 11) is 0. The molecular formula is C20H27NO4. The molecule has 2 aliphatic rings. The molecule has 0 spiro atoms. The molecule has 0 radical (unpaired) electrons. The predicted molar refractivity (Wildman–Crippen MR) is 95.4 cm³/mol. The normalized spacial score (nSPS) is 25.5. The maximum atomic E-state index is 12.5. The van der Waals surface area contributed by atoms with Crippen molar-refractivity contribution in [1.29, 1.82) is 0 Å². The van der Waals surface area contributed by atoms with E-state index in [2.05, 4.69) is 6.92 Å². The number of esters is 1. The van der Waals surface area contributed by atoms with Crippen LogP contribution in [0.15, 0.2) is 24.3 Å². The smallest absolute Gasteiger partial charge is 0.332 e. The Morgan fingerprint density at radius 3 is 2.76 bits per heavy atom. The van der Waals surface area contributed by atoms with Crippen molar-refractivity contribution in [2.75, 3.05) is 18.1 Å². The summed E-state index contributed by atoms with van der Waals surface area (Å²) in [6.45, 7) is 3.91. The maximum absolute atomic E-state index is 12.5. The monoisotopic (exact) mass is 345 g/mol. The van der Waals surface area contributed by atoms with E-state index < -0.39 is 5.97 Å². The highest BCUT2D eigenvalue weighted by Gasteiger charge is 2.31. The molecule has 0 bridgehead atoms. The first-order chi connectivity index (χ1) is 12.0. The van der Waals surface area contributed by atoms with Gasteiger partial charge < -0.3 is 14.4 Å². The lowest BCUT2D eigenvalue weighted by atomic mass is 9.89. The van der Waals surface area contributed by atoms with Crippen LogP contribution in [0.1, 0.15) is 45.1 Å². The number of carbonyl (C=O) groups is 2. The van der Waals surface area contributed by atoms with Gasteiger partial charge in [-0.3, -0.25) is 4.79 Å². The Bertz CT molecular complexity index is 630. The van der Waals surface area contributed by atoms with E-state index in [9.17, 15) is 9.59 Å². The summed E-state index contributed by atoms with van der Waals surface area (Å²) in [5.74, 6) is -0.00290. The van der Waals surface area contributed by atoms with E-state index in [4.69, 9.17) is 9.47 Å². The zero-order valence-corrected chi connectivity index (χ0v) is 15.1. The first-order valence-electron chi connectivity index (χ1n) is 9.21. The van der Waals surface area contributed by atoms with E-state index in [-0.39, 0.29) is 31.3 Å². The van der Waals surface area contributed by atoms with Gasteiger partial charge >= 0.3 is 5.97 Å². The minimum absolute atomic E-state index is 0.0726. The topological polar surface area (TPSA) is 55.8 Å². The number of carbonyl (C=O) groups excluding carboxylic acids is 2. The van der Waals surface area contributed by atoms with Gasteiger partial charge in [0.05, 0.1) is 6.10 Å². The molecule has 1 aliphatic heterocycles. The number of rotatable bonds is 5. The van der Waals surface area contributed by atoms with Crippen molar-refractivity contribution in [2.45, 2.75) is 58.1 Å². The standard InChI is InChI=1S/C20H27NO4/c1-14-6-5-8-17(10-14)24-13-20(23)25-12-19(22)21-15(2)11-16-7-3-4-9-18(16)21/h3-4,7,9,14-15,17H,5-6,8,10-13H2,1-2H3. The Morgan fingerprint density at radius 1 is 1.16 bits per heavy atom. The van der Waals surface area contributed by atoms with E-state index in [0.29, 0.717) is 5.92 Å². The fourth-order valence-electron chi connectivity index (χ4n) is 3.91. The van der Waals surface area contributed by atoms with Crippen LogP contribution in [-0.4, -0.2) is 37.2 Å². The van der Waals surface area contributed by atoms with Crippen LogP contribution in [0.2, 0.25) is 0 Å². The van der Waals surface area contributed by atoms with Crippen LogP contribution in [-0.2, 0) is 25.5 Å². The summed E-state index contributed by atoms with van der Waals surface area (Å²) in [5, 5.41) is 0. The van der Waals surface area contributed by atoms with Gasteiger partial charge in [0.2, 0.25) is 0 Å². The SMILES string of the molecule is CC1CCCC(OCC(=O)OCC(=O)N2c3ccccc3CC2C)C1. The highest BCUT2D eigenvalue weighted by molar-refractivity contribution is 5.97.